The second-order valence-electron chi connectivity index (χ2n) is 7.26. The Kier molecular flexibility index (Phi) is 8.72. The molecule has 0 aliphatic carbocycles. The van der Waals surface area contributed by atoms with E-state index in [1.165, 1.54) is 6.08 Å². The molecule has 10 nitrogen and oxygen atoms in total. The molecule has 1 heterocycles. The van der Waals surface area contributed by atoms with E-state index in [9.17, 15) is 14.4 Å². The molecule has 0 unspecified atom stereocenters. The molecule has 0 bridgehead atoms. The van der Waals surface area contributed by atoms with Gasteiger partial charge in [0.2, 0.25) is 0 Å². The standard InChI is InChI=1S/C23H24N6O4/c24-28-27-20-7-3-17(4-8-20)15-21(23(32)25-9-12-30)26-22(31)19-5-1-18(2-6-19)16-29-10-13-33-14-11-29/h1-8,12,15H,9-11,13-14,16H2,(H,25,32)(H,26,31)/b21-15+. The third-order valence-electron chi connectivity index (χ3n) is 4.93. The molecule has 1 aliphatic rings. The first kappa shape index (κ1) is 23.7. The number of nitrogens with one attached hydrogen (secondary N) is 2. The molecule has 0 atom stereocenters. The fraction of sp³-hybridized carbons (Fsp3) is 0.261. The fourth-order valence-electron chi connectivity index (χ4n) is 3.22. The van der Waals surface area contributed by atoms with Crippen molar-refractivity contribution in [3.8, 4) is 0 Å². The van der Waals surface area contributed by atoms with Crippen LogP contribution in [0.25, 0.3) is 16.5 Å². The molecule has 0 radical (unpaired) electrons. The van der Waals surface area contributed by atoms with E-state index in [1.807, 2.05) is 12.1 Å². The van der Waals surface area contributed by atoms with Gasteiger partial charge in [-0.2, -0.15) is 0 Å². The second kappa shape index (κ2) is 12.2. The summed E-state index contributed by atoms with van der Waals surface area (Å²) >= 11 is 0. The number of benzene rings is 2. The molecule has 170 valence electrons. The van der Waals surface area contributed by atoms with E-state index in [1.54, 1.807) is 36.4 Å². The lowest BCUT2D eigenvalue weighted by atomic mass is 10.1. The van der Waals surface area contributed by atoms with Gasteiger partial charge in [0.25, 0.3) is 11.8 Å². The van der Waals surface area contributed by atoms with Crippen molar-refractivity contribution in [2.24, 2.45) is 5.11 Å². The topological polar surface area (TPSA) is 136 Å². The Morgan fingerprint density at radius 2 is 1.79 bits per heavy atom. The highest BCUT2D eigenvalue weighted by molar-refractivity contribution is 6.05. The summed E-state index contributed by atoms with van der Waals surface area (Å²) in [5, 5.41) is 8.54. The van der Waals surface area contributed by atoms with Gasteiger partial charge in [-0.1, -0.05) is 41.5 Å². The zero-order chi connectivity index (χ0) is 23.5. The predicted octanol–water partition coefficient (Wildman–Crippen LogP) is 2.55. The van der Waals surface area contributed by atoms with E-state index in [0.717, 1.165) is 38.4 Å². The highest BCUT2D eigenvalue weighted by atomic mass is 16.5. The van der Waals surface area contributed by atoms with Crippen molar-refractivity contribution in [2.75, 3.05) is 32.8 Å². The van der Waals surface area contributed by atoms with Crippen LogP contribution >= 0.6 is 0 Å². The summed E-state index contributed by atoms with van der Waals surface area (Å²) in [4.78, 5) is 40.9. The van der Waals surface area contributed by atoms with Gasteiger partial charge in [0.1, 0.15) is 12.0 Å². The van der Waals surface area contributed by atoms with E-state index < -0.39 is 11.8 Å². The third kappa shape index (κ3) is 7.29. The lowest BCUT2D eigenvalue weighted by Gasteiger charge is -2.26. The van der Waals surface area contributed by atoms with Gasteiger partial charge in [-0.05, 0) is 34.9 Å². The Bertz CT molecular complexity index is 1050. The molecule has 2 aromatic rings. The first-order valence-electron chi connectivity index (χ1n) is 10.4. The van der Waals surface area contributed by atoms with Crippen molar-refractivity contribution in [1.29, 1.82) is 0 Å². The number of hydrogen-bond acceptors (Lipinski definition) is 6. The Labute approximate surface area is 190 Å². The molecular weight excluding hydrogens is 424 g/mol. The third-order valence-corrected chi connectivity index (χ3v) is 4.93. The van der Waals surface area contributed by atoms with Crippen molar-refractivity contribution >= 4 is 29.9 Å². The molecule has 3 rings (SSSR count). The minimum atomic E-state index is -0.599. The van der Waals surface area contributed by atoms with Gasteiger partial charge in [0.05, 0.1) is 19.8 Å². The van der Waals surface area contributed by atoms with Gasteiger partial charge >= 0.3 is 0 Å². The van der Waals surface area contributed by atoms with Crippen LogP contribution in [0.5, 0.6) is 0 Å². The molecule has 0 aromatic heterocycles. The average Bonchev–Trinajstić information content (AvgIpc) is 2.84. The molecule has 0 spiro atoms. The zero-order valence-electron chi connectivity index (χ0n) is 17.9. The lowest BCUT2D eigenvalue weighted by molar-refractivity contribution is -0.119. The van der Waals surface area contributed by atoms with Gasteiger partial charge in [0.15, 0.2) is 0 Å². The molecule has 10 heteroatoms. The van der Waals surface area contributed by atoms with Crippen molar-refractivity contribution in [3.05, 3.63) is 81.4 Å². The predicted molar refractivity (Wildman–Crippen MR) is 122 cm³/mol. The number of carbonyl (C=O) groups excluding carboxylic acids is 3. The minimum absolute atomic E-state index is 0.0178. The second-order valence-corrected chi connectivity index (χ2v) is 7.26. The summed E-state index contributed by atoms with van der Waals surface area (Å²) in [6, 6.07) is 13.6. The van der Waals surface area contributed by atoms with Crippen molar-refractivity contribution in [1.82, 2.24) is 15.5 Å². The van der Waals surface area contributed by atoms with Crippen LogP contribution in [-0.2, 0) is 20.9 Å². The molecule has 1 fully saturated rings. The molecule has 2 amide bonds. The van der Waals surface area contributed by atoms with Crippen LogP contribution in [-0.4, -0.2) is 55.8 Å². The van der Waals surface area contributed by atoms with Crippen LogP contribution < -0.4 is 10.6 Å². The molecule has 1 saturated heterocycles. The van der Waals surface area contributed by atoms with E-state index in [0.29, 0.717) is 23.1 Å². The SMILES string of the molecule is [N-]=[N+]=Nc1ccc(/C=C(/NC(=O)c2ccc(CN3CCOCC3)cc2)C(=O)NCC=O)cc1. The van der Waals surface area contributed by atoms with Crippen LogP contribution in [0.15, 0.2) is 59.3 Å². The Morgan fingerprint density at radius 3 is 2.42 bits per heavy atom. The van der Waals surface area contributed by atoms with Gasteiger partial charge in [0, 0.05) is 35.8 Å². The number of ether oxygens (including phenoxy) is 1. The van der Waals surface area contributed by atoms with E-state index >= 15 is 0 Å². The summed E-state index contributed by atoms with van der Waals surface area (Å²) in [6.07, 6.45) is 2.03. The first-order chi connectivity index (χ1) is 16.1. The van der Waals surface area contributed by atoms with E-state index in [2.05, 4.69) is 25.6 Å². The maximum absolute atomic E-state index is 12.8. The normalized spacial score (nSPS) is 14.1. The number of amides is 2. The fourth-order valence-corrected chi connectivity index (χ4v) is 3.22. The molecule has 2 aromatic carbocycles. The Morgan fingerprint density at radius 1 is 1.09 bits per heavy atom. The number of hydrogen-bond donors (Lipinski definition) is 2. The van der Waals surface area contributed by atoms with Crippen molar-refractivity contribution < 1.29 is 19.1 Å². The summed E-state index contributed by atoms with van der Waals surface area (Å²) < 4.78 is 5.36. The highest BCUT2D eigenvalue weighted by Crippen LogP contribution is 2.15. The van der Waals surface area contributed by atoms with Gasteiger partial charge in [-0.3, -0.25) is 14.5 Å². The summed E-state index contributed by atoms with van der Waals surface area (Å²) in [7, 11) is 0. The number of azide groups is 1. The van der Waals surface area contributed by atoms with Crippen LogP contribution in [0.4, 0.5) is 5.69 Å². The monoisotopic (exact) mass is 448 g/mol. The zero-order valence-corrected chi connectivity index (χ0v) is 17.9. The van der Waals surface area contributed by atoms with Gasteiger partial charge in [-0.15, -0.1) is 0 Å². The van der Waals surface area contributed by atoms with Gasteiger partial charge in [-0.25, -0.2) is 0 Å². The Balaban J connectivity index is 1.72. The van der Waals surface area contributed by atoms with Crippen molar-refractivity contribution in [3.63, 3.8) is 0 Å². The Hall–Kier alpha value is -3.98. The maximum atomic E-state index is 12.8. The van der Waals surface area contributed by atoms with Crippen LogP contribution in [0.3, 0.4) is 0 Å². The first-order valence-corrected chi connectivity index (χ1v) is 10.4. The highest BCUT2D eigenvalue weighted by Gasteiger charge is 2.15. The molecular formula is C23H24N6O4. The largest absolute Gasteiger partial charge is 0.379 e. The van der Waals surface area contributed by atoms with Crippen LogP contribution in [0.1, 0.15) is 21.5 Å². The number of carbonyl (C=O) groups is 3. The number of nitrogens with zero attached hydrogens (tertiary/aromatic N) is 4. The quantitative estimate of drug-likeness (QED) is 0.200. The average molecular weight is 448 g/mol. The maximum Gasteiger partial charge on any atom is 0.268 e. The molecule has 0 saturated carbocycles. The summed E-state index contributed by atoms with van der Waals surface area (Å²) in [5.74, 6) is -1.05. The lowest BCUT2D eigenvalue weighted by Crippen LogP contribution is -2.36. The van der Waals surface area contributed by atoms with E-state index in [-0.39, 0.29) is 12.2 Å². The molecule has 2 N–H and O–H groups in total. The van der Waals surface area contributed by atoms with Crippen LogP contribution in [0.2, 0.25) is 0 Å². The van der Waals surface area contributed by atoms with Crippen molar-refractivity contribution in [2.45, 2.75) is 6.54 Å². The molecule has 33 heavy (non-hydrogen) atoms. The van der Waals surface area contributed by atoms with E-state index in [4.69, 9.17) is 10.3 Å². The van der Waals surface area contributed by atoms with Crippen LogP contribution in [0, 0.1) is 0 Å². The summed E-state index contributed by atoms with van der Waals surface area (Å²) in [5.41, 5.74) is 11.0. The molecule has 1 aliphatic heterocycles. The number of aldehydes is 1. The number of morpholine rings is 1. The summed E-state index contributed by atoms with van der Waals surface area (Å²) in [6.45, 7) is 3.77. The smallest absolute Gasteiger partial charge is 0.268 e. The minimum Gasteiger partial charge on any atom is -0.379 e. The van der Waals surface area contributed by atoms with Gasteiger partial charge < -0.3 is 20.2 Å². The number of rotatable bonds is 9.